The number of rotatable bonds is 2. The van der Waals surface area contributed by atoms with Crippen molar-refractivity contribution in [3.8, 4) is 11.8 Å². The lowest BCUT2D eigenvalue weighted by molar-refractivity contribution is 0.454. The Labute approximate surface area is 81.6 Å². The summed E-state index contributed by atoms with van der Waals surface area (Å²) in [5, 5.41) is 18.0. The molecule has 0 spiro atoms. The van der Waals surface area contributed by atoms with E-state index >= 15 is 0 Å². The highest BCUT2D eigenvalue weighted by Crippen LogP contribution is 2.28. The van der Waals surface area contributed by atoms with Crippen LogP contribution in [0.1, 0.15) is 23.6 Å². The van der Waals surface area contributed by atoms with Crippen molar-refractivity contribution in [1.29, 1.82) is 5.26 Å². The zero-order valence-corrected chi connectivity index (χ0v) is 7.79. The van der Waals surface area contributed by atoms with E-state index in [1.807, 2.05) is 6.07 Å². The molecule has 1 aromatic carbocycles. The third kappa shape index (κ3) is 2.01. The summed E-state index contributed by atoms with van der Waals surface area (Å²) in [4.78, 5) is 0. The van der Waals surface area contributed by atoms with Gasteiger partial charge in [-0.3, -0.25) is 0 Å². The normalized spacial score (nSPS) is 12.1. The standard InChI is InChI=1S/C10H11FN2O/c1-6-4-7(11)5-8(10(6)14)9(13)2-3-12/h4-5,9,14H,2,13H2,1H3/t9-/m1/s1. The number of phenolic OH excluding ortho intramolecular Hbond substituents is 1. The fourth-order valence-corrected chi connectivity index (χ4v) is 1.25. The van der Waals surface area contributed by atoms with Crippen molar-refractivity contribution in [3.63, 3.8) is 0 Å². The molecule has 1 atom stereocenters. The molecule has 0 amide bonds. The van der Waals surface area contributed by atoms with Gasteiger partial charge in [-0.1, -0.05) is 0 Å². The number of aromatic hydroxyl groups is 1. The first-order valence-corrected chi connectivity index (χ1v) is 4.17. The maximum atomic E-state index is 13.0. The Morgan fingerprint density at radius 3 is 2.86 bits per heavy atom. The fourth-order valence-electron chi connectivity index (χ4n) is 1.25. The van der Waals surface area contributed by atoms with E-state index in [0.717, 1.165) is 6.07 Å². The molecule has 0 saturated heterocycles. The predicted molar refractivity (Wildman–Crippen MR) is 50.0 cm³/mol. The molecule has 0 aromatic heterocycles. The smallest absolute Gasteiger partial charge is 0.124 e. The van der Waals surface area contributed by atoms with E-state index in [2.05, 4.69) is 0 Å². The van der Waals surface area contributed by atoms with Crippen LogP contribution < -0.4 is 5.73 Å². The summed E-state index contributed by atoms with van der Waals surface area (Å²) < 4.78 is 13.0. The van der Waals surface area contributed by atoms with Crippen LogP contribution in [-0.4, -0.2) is 5.11 Å². The molecule has 1 rings (SSSR count). The Hall–Kier alpha value is -1.60. The summed E-state index contributed by atoms with van der Waals surface area (Å²) in [5.74, 6) is -0.488. The highest BCUT2D eigenvalue weighted by Gasteiger charge is 2.13. The Bertz CT molecular complexity index is 384. The minimum atomic E-state index is -0.644. The number of hydrogen-bond donors (Lipinski definition) is 2. The van der Waals surface area contributed by atoms with Gasteiger partial charge in [0.1, 0.15) is 11.6 Å². The van der Waals surface area contributed by atoms with Crippen molar-refractivity contribution in [1.82, 2.24) is 0 Å². The van der Waals surface area contributed by atoms with Crippen molar-refractivity contribution in [3.05, 3.63) is 29.1 Å². The van der Waals surface area contributed by atoms with Crippen LogP contribution in [0.4, 0.5) is 4.39 Å². The number of nitriles is 1. The van der Waals surface area contributed by atoms with Crippen LogP contribution in [0.5, 0.6) is 5.75 Å². The highest BCUT2D eigenvalue weighted by atomic mass is 19.1. The molecule has 0 bridgehead atoms. The summed E-state index contributed by atoms with van der Waals surface area (Å²) in [5.41, 5.74) is 6.30. The highest BCUT2D eigenvalue weighted by molar-refractivity contribution is 5.42. The van der Waals surface area contributed by atoms with Crippen LogP contribution in [0.15, 0.2) is 12.1 Å². The van der Waals surface area contributed by atoms with Gasteiger partial charge in [-0.2, -0.15) is 5.26 Å². The Kier molecular flexibility index (Phi) is 3.05. The fraction of sp³-hybridized carbons (Fsp3) is 0.300. The number of aryl methyl sites for hydroxylation is 1. The molecule has 14 heavy (non-hydrogen) atoms. The number of phenols is 1. The van der Waals surface area contributed by atoms with E-state index in [1.54, 1.807) is 6.92 Å². The van der Waals surface area contributed by atoms with Crippen LogP contribution in [0.25, 0.3) is 0 Å². The maximum absolute atomic E-state index is 13.0. The van der Waals surface area contributed by atoms with Gasteiger partial charge in [0.2, 0.25) is 0 Å². The van der Waals surface area contributed by atoms with Crippen LogP contribution in [0.3, 0.4) is 0 Å². The van der Waals surface area contributed by atoms with E-state index in [0.29, 0.717) is 5.56 Å². The second-order valence-electron chi connectivity index (χ2n) is 3.13. The first kappa shape index (κ1) is 10.5. The molecule has 3 N–H and O–H groups in total. The summed E-state index contributed by atoms with van der Waals surface area (Å²) >= 11 is 0. The van der Waals surface area contributed by atoms with Crippen LogP contribution in [0.2, 0.25) is 0 Å². The Balaban J connectivity index is 3.14. The number of nitrogens with zero attached hydrogens (tertiary/aromatic N) is 1. The van der Waals surface area contributed by atoms with Crippen molar-refractivity contribution >= 4 is 0 Å². The van der Waals surface area contributed by atoms with Crippen molar-refractivity contribution in [2.45, 2.75) is 19.4 Å². The predicted octanol–water partition coefficient (Wildman–Crippen LogP) is 1.75. The topological polar surface area (TPSA) is 70.0 Å². The monoisotopic (exact) mass is 194 g/mol. The van der Waals surface area contributed by atoms with Crippen molar-refractivity contribution < 1.29 is 9.50 Å². The second kappa shape index (κ2) is 4.07. The summed E-state index contributed by atoms with van der Waals surface area (Å²) in [6.45, 7) is 1.58. The van der Waals surface area contributed by atoms with E-state index in [4.69, 9.17) is 11.0 Å². The summed E-state index contributed by atoms with van der Waals surface area (Å²) in [6, 6.07) is 3.61. The summed E-state index contributed by atoms with van der Waals surface area (Å²) in [6.07, 6.45) is 0.0520. The lowest BCUT2D eigenvalue weighted by Crippen LogP contribution is -2.10. The first-order chi connectivity index (χ1) is 6.56. The van der Waals surface area contributed by atoms with Gasteiger partial charge >= 0.3 is 0 Å². The maximum Gasteiger partial charge on any atom is 0.124 e. The van der Waals surface area contributed by atoms with Crippen LogP contribution >= 0.6 is 0 Å². The largest absolute Gasteiger partial charge is 0.507 e. The Morgan fingerprint density at radius 2 is 2.29 bits per heavy atom. The number of hydrogen-bond acceptors (Lipinski definition) is 3. The molecule has 0 heterocycles. The summed E-state index contributed by atoms with van der Waals surface area (Å²) in [7, 11) is 0. The number of benzene rings is 1. The average Bonchev–Trinajstić information content (AvgIpc) is 2.11. The molecule has 74 valence electrons. The van der Waals surface area contributed by atoms with E-state index in [9.17, 15) is 9.50 Å². The molecular weight excluding hydrogens is 183 g/mol. The molecule has 0 aliphatic rings. The van der Waals surface area contributed by atoms with Gasteiger partial charge in [0, 0.05) is 11.6 Å². The quantitative estimate of drug-likeness (QED) is 0.753. The first-order valence-electron chi connectivity index (χ1n) is 4.17. The molecule has 1 aromatic rings. The average molecular weight is 194 g/mol. The molecule has 3 nitrogen and oxygen atoms in total. The SMILES string of the molecule is Cc1cc(F)cc([C@H](N)CC#N)c1O. The minimum Gasteiger partial charge on any atom is -0.507 e. The zero-order chi connectivity index (χ0) is 10.7. The third-order valence-corrected chi connectivity index (χ3v) is 2.01. The van der Waals surface area contributed by atoms with Gasteiger partial charge in [-0.15, -0.1) is 0 Å². The van der Waals surface area contributed by atoms with Crippen LogP contribution in [0, 0.1) is 24.1 Å². The van der Waals surface area contributed by atoms with Crippen molar-refractivity contribution in [2.75, 3.05) is 0 Å². The van der Waals surface area contributed by atoms with Gasteiger partial charge in [0.05, 0.1) is 12.5 Å². The van der Waals surface area contributed by atoms with Gasteiger partial charge in [0.15, 0.2) is 0 Å². The molecule has 0 aliphatic carbocycles. The van der Waals surface area contributed by atoms with Gasteiger partial charge < -0.3 is 10.8 Å². The number of nitrogens with two attached hydrogens (primary N) is 1. The molecule has 0 fully saturated rings. The minimum absolute atomic E-state index is 0.0332. The zero-order valence-electron chi connectivity index (χ0n) is 7.79. The van der Waals surface area contributed by atoms with E-state index < -0.39 is 11.9 Å². The molecular formula is C10H11FN2O. The molecule has 0 radical (unpaired) electrons. The van der Waals surface area contributed by atoms with Gasteiger partial charge in [-0.05, 0) is 24.6 Å². The molecule has 0 saturated carbocycles. The molecule has 0 aliphatic heterocycles. The van der Waals surface area contributed by atoms with Crippen molar-refractivity contribution in [2.24, 2.45) is 5.73 Å². The Morgan fingerprint density at radius 1 is 1.64 bits per heavy atom. The second-order valence-corrected chi connectivity index (χ2v) is 3.13. The third-order valence-electron chi connectivity index (χ3n) is 2.01. The lowest BCUT2D eigenvalue weighted by atomic mass is 10.0. The lowest BCUT2D eigenvalue weighted by Gasteiger charge is -2.12. The number of halogens is 1. The van der Waals surface area contributed by atoms with Gasteiger partial charge in [0.25, 0.3) is 0 Å². The van der Waals surface area contributed by atoms with E-state index in [1.165, 1.54) is 6.07 Å². The molecule has 0 unspecified atom stereocenters. The molecule has 4 heteroatoms. The van der Waals surface area contributed by atoms with Crippen LogP contribution in [-0.2, 0) is 0 Å². The van der Waals surface area contributed by atoms with Gasteiger partial charge in [-0.25, -0.2) is 4.39 Å². The van der Waals surface area contributed by atoms with E-state index in [-0.39, 0.29) is 17.7 Å².